The Morgan fingerprint density at radius 2 is 1.61 bits per heavy atom. The van der Waals surface area contributed by atoms with E-state index in [1.54, 1.807) is 37.3 Å². The molecule has 3 aromatic carbocycles. The molecular formula is C24H24N2O6S. The number of carbonyl (C=O) groups excluding carboxylic acids is 1. The fraction of sp³-hybridized carbons (Fsp3) is 0.208. The molecule has 1 amide bonds. The standard InChI is InChI=1S/C24H24N2O6S/c1-16-3-5-18(6-4-16)26-33(28,29)20-8-10-21(17(2)13-20)32-15-24(27)25-19-7-9-22-23(14-19)31-12-11-30-22/h3-10,13-14,26H,11-12,15H2,1-2H3,(H,25,27). The van der Waals surface area contributed by atoms with Crippen molar-refractivity contribution < 1.29 is 27.4 Å². The molecular weight excluding hydrogens is 444 g/mol. The molecule has 0 spiro atoms. The van der Waals surface area contributed by atoms with Gasteiger partial charge in [-0.05, 0) is 61.9 Å². The smallest absolute Gasteiger partial charge is 0.262 e. The number of ether oxygens (including phenoxy) is 3. The van der Waals surface area contributed by atoms with E-state index in [0.717, 1.165) is 5.56 Å². The SMILES string of the molecule is Cc1ccc(NS(=O)(=O)c2ccc(OCC(=O)Nc3ccc4c(c3)OCCO4)c(C)c2)cc1. The second kappa shape index (κ2) is 9.41. The van der Waals surface area contributed by atoms with Crippen LogP contribution in [0.4, 0.5) is 11.4 Å². The van der Waals surface area contributed by atoms with E-state index in [1.165, 1.54) is 18.2 Å². The number of aryl methyl sites for hydroxylation is 2. The van der Waals surface area contributed by atoms with Crippen LogP contribution < -0.4 is 24.2 Å². The molecule has 0 unspecified atom stereocenters. The van der Waals surface area contributed by atoms with Gasteiger partial charge in [0.2, 0.25) is 0 Å². The molecule has 0 saturated heterocycles. The van der Waals surface area contributed by atoms with E-state index >= 15 is 0 Å². The van der Waals surface area contributed by atoms with Crippen molar-refractivity contribution in [2.45, 2.75) is 18.7 Å². The van der Waals surface area contributed by atoms with Gasteiger partial charge >= 0.3 is 0 Å². The second-order valence-electron chi connectivity index (χ2n) is 7.59. The van der Waals surface area contributed by atoms with Gasteiger partial charge in [-0.3, -0.25) is 9.52 Å². The molecule has 1 aliphatic heterocycles. The van der Waals surface area contributed by atoms with Crippen molar-refractivity contribution in [3.05, 3.63) is 71.8 Å². The summed E-state index contributed by atoms with van der Waals surface area (Å²) in [6.07, 6.45) is 0. The van der Waals surface area contributed by atoms with E-state index in [-0.39, 0.29) is 17.4 Å². The molecule has 172 valence electrons. The van der Waals surface area contributed by atoms with Gasteiger partial charge in [-0.2, -0.15) is 0 Å². The summed E-state index contributed by atoms with van der Waals surface area (Å²) in [5.74, 6) is 1.27. The Morgan fingerprint density at radius 3 is 2.33 bits per heavy atom. The van der Waals surface area contributed by atoms with Crippen molar-refractivity contribution in [2.75, 3.05) is 29.9 Å². The highest BCUT2D eigenvalue weighted by atomic mass is 32.2. The quantitative estimate of drug-likeness (QED) is 0.545. The third-order valence-corrected chi connectivity index (χ3v) is 6.32. The number of anilines is 2. The summed E-state index contributed by atoms with van der Waals surface area (Å²) < 4.78 is 44.5. The number of hydrogen-bond acceptors (Lipinski definition) is 6. The van der Waals surface area contributed by atoms with Gasteiger partial charge in [-0.1, -0.05) is 17.7 Å². The van der Waals surface area contributed by atoms with Crippen molar-refractivity contribution in [2.24, 2.45) is 0 Å². The maximum atomic E-state index is 12.7. The molecule has 4 rings (SSSR count). The lowest BCUT2D eigenvalue weighted by molar-refractivity contribution is -0.118. The summed E-state index contributed by atoms with van der Waals surface area (Å²) in [6, 6.07) is 16.7. The number of fused-ring (bicyclic) bond motifs is 1. The Balaban J connectivity index is 1.37. The predicted molar refractivity (Wildman–Crippen MR) is 125 cm³/mol. The molecule has 0 aliphatic carbocycles. The predicted octanol–water partition coefficient (Wildman–Crippen LogP) is 3.89. The summed E-state index contributed by atoms with van der Waals surface area (Å²) in [5, 5.41) is 2.74. The summed E-state index contributed by atoms with van der Waals surface area (Å²) in [6.45, 7) is 4.37. The Bertz CT molecular complexity index is 1270. The monoisotopic (exact) mass is 468 g/mol. The van der Waals surface area contributed by atoms with Gasteiger partial charge in [-0.25, -0.2) is 8.42 Å². The number of nitrogens with one attached hydrogen (secondary N) is 2. The third-order valence-electron chi connectivity index (χ3n) is 4.95. The van der Waals surface area contributed by atoms with E-state index in [4.69, 9.17) is 14.2 Å². The summed E-state index contributed by atoms with van der Waals surface area (Å²) in [4.78, 5) is 12.4. The summed E-state index contributed by atoms with van der Waals surface area (Å²) in [7, 11) is -3.75. The molecule has 1 heterocycles. The van der Waals surface area contributed by atoms with Gasteiger partial charge in [0.25, 0.3) is 15.9 Å². The molecule has 8 nitrogen and oxygen atoms in total. The Kier molecular flexibility index (Phi) is 6.41. The Morgan fingerprint density at radius 1 is 0.909 bits per heavy atom. The second-order valence-corrected chi connectivity index (χ2v) is 9.28. The molecule has 0 atom stereocenters. The lowest BCUT2D eigenvalue weighted by Crippen LogP contribution is -2.21. The first-order valence-electron chi connectivity index (χ1n) is 10.3. The topological polar surface area (TPSA) is 103 Å². The fourth-order valence-corrected chi connectivity index (χ4v) is 4.39. The lowest BCUT2D eigenvalue weighted by Gasteiger charge is -2.19. The largest absolute Gasteiger partial charge is 0.486 e. The first-order valence-corrected chi connectivity index (χ1v) is 11.8. The Hall–Kier alpha value is -3.72. The lowest BCUT2D eigenvalue weighted by atomic mass is 10.2. The van der Waals surface area contributed by atoms with Gasteiger partial charge < -0.3 is 19.5 Å². The van der Waals surface area contributed by atoms with Crippen LogP contribution in [0.15, 0.2) is 65.6 Å². The number of benzene rings is 3. The zero-order valence-corrected chi connectivity index (χ0v) is 19.1. The van der Waals surface area contributed by atoms with Gasteiger partial charge in [-0.15, -0.1) is 0 Å². The van der Waals surface area contributed by atoms with E-state index in [0.29, 0.717) is 47.4 Å². The van der Waals surface area contributed by atoms with E-state index in [9.17, 15) is 13.2 Å². The molecule has 9 heteroatoms. The summed E-state index contributed by atoms with van der Waals surface area (Å²) in [5.41, 5.74) is 2.67. The van der Waals surface area contributed by atoms with Crippen LogP contribution in [0.2, 0.25) is 0 Å². The van der Waals surface area contributed by atoms with Crippen LogP contribution in [-0.4, -0.2) is 34.1 Å². The fourth-order valence-electron chi connectivity index (χ4n) is 3.25. The van der Waals surface area contributed by atoms with Crippen LogP contribution in [0.1, 0.15) is 11.1 Å². The number of carbonyl (C=O) groups is 1. The van der Waals surface area contributed by atoms with Crippen LogP contribution in [0.25, 0.3) is 0 Å². The highest BCUT2D eigenvalue weighted by Crippen LogP contribution is 2.32. The minimum absolute atomic E-state index is 0.105. The van der Waals surface area contributed by atoms with Crippen LogP contribution in [0.5, 0.6) is 17.2 Å². The van der Waals surface area contributed by atoms with Gasteiger partial charge in [0.05, 0.1) is 4.90 Å². The maximum Gasteiger partial charge on any atom is 0.262 e. The van der Waals surface area contributed by atoms with E-state index in [1.807, 2.05) is 19.1 Å². The molecule has 0 radical (unpaired) electrons. The first kappa shape index (κ1) is 22.5. The van der Waals surface area contributed by atoms with Crippen LogP contribution in [0.3, 0.4) is 0 Å². The molecule has 33 heavy (non-hydrogen) atoms. The Labute approximate surface area is 192 Å². The van der Waals surface area contributed by atoms with Crippen LogP contribution in [-0.2, 0) is 14.8 Å². The molecule has 1 aliphatic rings. The zero-order valence-electron chi connectivity index (χ0n) is 18.3. The summed E-state index contributed by atoms with van der Waals surface area (Å²) >= 11 is 0. The van der Waals surface area contributed by atoms with E-state index in [2.05, 4.69) is 10.0 Å². The van der Waals surface area contributed by atoms with Crippen molar-refractivity contribution >= 4 is 27.3 Å². The first-order chi connectivity index (χ1) is 15.8. The van der Waals surface area contributed by atoms with Crippen LogP contribution >= 0.6 is 0 Å². The van der Waals surface area contributed by atoms with Gasteiger partial charge in [0.1, 0.15) is 19.0 Å². The number of sulfonamides is 1. The minimum Gasteiger partial charge on any atom is -0.486 e. The molecule has 2 N–H and O–H groups in total. The van der Waals surface area contributed by atoms with Crippen molar-refractivity contribution in [3.8, 4) is 17.2 Å². The highest BCUT2D eigenvalue weighted by molar-refractivity contribution is 7.92. The number of rotatable bonds is 7. The molecule has 0 bridgehead atoms. The van der Waals surface area contributed by atoms with Crippen molar-refractivity contribution in [1.29, 1.82) is 0 Å². The van der Waals surface area contributed by atoms with Gasteiger partial charge in [0.15, 0.2) is 18.1 Å². The number of hydrogen-bond donors (Lipinski definition) is 2. The minimum atomic E-state index is -3.75. The molecule has 0 saturated carbocycles. The zero-order chi connectivity index (χ0) is 23.4. The van der Waals surface area contributed by atoms with E-state index < -0.39 is 10.0 Å². The van der Waals surface area contributed by atoms with Gasteiger partial charge in [0, 0.05) is 17.4 Å². The number of amides is 1. The van der Waals surface area contributed by atoms with Crippen LogP contribution in [0, 0.1) is 13.8 Å². The molecule has 0 aromatic heterocycles. The molecule has 3 aromatic rings. The van der Waals surface area contributed by atoms with Crippen molar-refractivity contribution in [1.82, 2.24) is 0 Å². The third kappa shape index (κ3) is 5.56. The average molecular weight is 469 g/mol. The normalized spacial score (nSPS) is 12.7. The van der Waals surface area contributed by atoms with Crippen molar-refractivity contribution in [3.63, 3.8) is 0 Å². The molecule has 0 fully saturated rings. The highest BCUT2D eigenvalue weighted by Gasteiger charge is 2.17. The average Bonchev–Trinajstić information content (AvgIpc) is 2.79. The maximum absolute atomic E-state index is 12.7.